The highest BCUT2D eigenvalue weighted by Gasteiger charge is 2.49. The highest BCUT2D eigenvalue weighted by atomic mass is 35.5. The minimum absolute atomic E-state index is 0.0875. The van der Waals surface area contributed by atoms with Gasteiger partial charge in [0.15, 0.2) is 11.6 Å². The van der Waals surface area contributed by atoms with Crippen LogP contribution in [0, 0.1) is 5.82 Å². The number of benzene rings is 2. The molecule has 1 saturated carbocycles. The fourth-order valence-corrected chi connectivity index (χ4v) is 7.37. The molecule has 1 amide bonds. The van der Waals surface area contributed by atoms with Crippen molar-refractivity contribution in [2.24, 2.45) is 0 Å². The lowest BCUT2D eigenvalue weighted by molar-refractivity contribution is -0.122. The predicted molar refractivity (Wildman–Crippen MR) is 158 cm³/mol. The van der Waals surface area contributed by atoms with Crippen molar-refractivity contribution in [3.8, 4) is 16.9 Å². The van der Waals surface area contributed by atoms with Crippen LogP contribution in [0.15, 0.2) is 42.6 Å². The first-order chi connectivity index (χ1) is 19.3. The lowest BCUT2D eigenvalue weighted by atomic mass is 9.73. The summed E-state index contributed by atoms with van der Waals surface area (Å²) in [5.41, 5.74) is 9.58. The van der Waals surface area contributed by atoms with Gasteiger partial charge in [-0.15, -0.1) is 0 Å². The molecule has 1 aliphatic carbocycles. The third kappa shape index (κ3) is 4.82. The Labute approximate surface area is 244 Å². The van der Waals surface area contributed by atoms with Gasteiger partial charge < -0.3 is 20.7 Å². The van der Waals surface area contributed by atoms with Crippen molar-refractivity contribution < 1.29 is 13.9 Å². The van der Waals surface area contributed by atoms with Gasteiger partial charge in [0.2, 0.25) is 5.91 Å². The average molecular weight is 584 g/mol. The lowest BCUT2D eigenvalue weighted by Gasteiger charge is -2.42. The summed E-state index contributed by atoms with van der Waals surface area (Å²) < 4.78 is 20.2. The van der Waals surface area contributed by atoms with Crippen molar-refractivity contribution in [2.75, 3.05) is 24.1 Å². The Balaban J connectivity index is 1.23. The molecular weight excluding hydrogens is 550 g/mol. The van der Waals surface area contributed by atoms with Gasteiger partial charge in [0.05, 0.1) is 10.4 Å². The molecule has 3 N–H and O–H groups in total. The smallest absolute Gasteiger partial charge is 0.235 e. The first kappa shape index (κ1) is 27.3. The number of hydrogen-bond acceptors (Lipinski definition) is 5. The molecule has 1 saturated heterocycles. The van der Waals surface area contributed by atoms with E-state index in [1.54, 1.807) is 19.2 Å². The number of anilines is 2. The number of nitrogens with two attached hydrogens (primary N) is 1. The Bertz CT molecular complexity index is 1450. The molecule has 9 heteroatoms. The van der Waals surface area contributed by atoms with Gasteiger partial charge in [0, 0.05) is 34.1 Å². The van der Waals surface area contributed by atoms with Gasteiger partial charge in [0.1, 0.15) is 11.9 Å². The highest BCUT2D eigenvalue weighted by Crippen LogP contribution is 2.47. The summed E-state index contributed by atoms with van der Waals surface area (Å²) in [6.07, 6.45) is 9.21. The molecule has 1 aromatic heterocycles. The second-order valence-electron chi connectivity index (χ2n) is 11.2. The molecule has 3 aliphatic rings. The zero-order valence-corrected chi connectivity index (χ0v) is 24.0. The van der Waals surface area contributed by atoms with Crippen molar-refractivity contribution >= 4 is 40.6 Å². The summed E-state index contributed by atoms with van der Waals surface area (Å²) in [5, 5.41) is 3.37. The monoisotopic (exact) mass is 582 g/mol. The fourth-order valence-electron chi connectivity index (χ4n) is 6.69. The average Bonchev–Trinajstić information content (AvgIpc) is 3.22. The van der Waals surface area contributed by atoms with Crippen molar-refractivity contribution in [1.82, 2.24) is 9.88 Å². The Morgan fingerprint density at radius 3 is 2.60 bits per heavy atom. The van der Waals surface area contributed by atoms with Gasteiger partial charge in [-0.1, -0.05) is 54.6 Å². The first-order valence-corrected chi connectivity index (χ1v) is 14.8. The number of pyridine rings is 1. The number of piperidine rings is 1. The van der Waals surface area contributed by atoms with E-state index in [1.807, 2.05) is 12.1 Å². The highest BCUT2D eigenvalue weighted by molar-refractivity contribution is 6.36. The van der Waals surface area contributed by atoms with E-state index >= 15 is 0 Å². The van der Waals surface area contributed by atoms with Crippen LogP contribution in [0.1, 0.15) is 69.1 Å². The second-order valence-corrected chi connectivity index (χ2v) is 12.0. The van der Waals surface area contributed by atoms with Crippen LogP contribution in [0.4, 0.5) is 15.9 Å². The van der Waals surface area contributed by atoms with Crippen LogP contribution in [-0.2, 0) is 10.2 Å². The van der Waals surface area contributed by atoms with Crippen molar-refractivity contribution in [3.63, 3.8) is 0 Å². The molecule has 3 heterocycles. The third-order valence-corrected chi connectivity index (χ3v) is 9.68. The van der Waals surface area contributed by atoms with E-state index in [9.17, 15) is 9.18 Å². The summed E-state index contributed by atoms with van der Waals surface area (Å²) in [4.78, 5) is 20.3. The maximum absolute atomic E-state index is 14.1. The molecule has 2 aliphatic heterocycles. The zero-order chi connectivity index (χ0) is 28.0. The van der Waals surface area contributed by atoms with E-state index in [-0.39, 0.29) is 16.7 Å². The Hall–Kier alpha value is -2.87. The number of nitrogens with one attached hydrogen (secondary N) is 1. The molecule has 6 rings (SSSR count). The number of ether oxygens (including phenoxy) is 1. The van der Waals surface area contributed by atoms with Crippen LogP contribution < -0.4 is 15.8 Å². The second kappa shape index (κ2) is 10.8. The minimum atomic E-state index is -0.673. The number of nitrogens with zero attached hydrogens (tertiary/aromatic N) is 2. The molecule has 0 bridgehead atoms. The van der Waals surface area contributed by atoms with Gasteiger partial charge in [-0.05, 0) is 81.1 Å². The molecule has 0 radical (unpaired) electrons. The van der Waals surface area contributed by atoms with Gasteiger partial charge >= 0.3 is 0 Å². The molecule has 6 nitrogen and oxygen atoms in total. The van der Waals surface area contributed by atoms with E-state index in [1.165, 1.54) is 44.2 Å². The number of carbonyl (C=O) groups excluding carboxylic acids is 1. The Morgan fingerprint density at radius 1 is 1.10 bits per heavy atom. The van der Waals surface area contributed by atoms with Crippen LogP contribution >= 0.6 is 23.2 Å². The molecule has 2 aromatic carbocycles. The van der Waals surface area contributed by atoms with Gasteiger partial charge in [-0.25, -0.2) is 9.37 Å². The topological polar surface area (TPSA) is 80.5 Å². The number of amides is 1. The standard InChI is InChI=1S/C31H33Cl2FN4O2/c1-18(27-23(32)9-10-24(34)28(27)33)40-26-16-20(17-36-29(26)35)19-7-8-22-25(15-19)37-30(39)31(22)11-13-38(14-12-31)21-5-3-2-4-6-21/h7-10,15-18,21H,2-6,11-14H2,1H3,(H2,35,36)(H,37,39)/t18-/m1/s1. The normalized spacial score (nSPS) is 19.9. The first-order valence-electron chi connectivity index (χ1n) is 14.0. The van der Waals surface area contributed by atoms with E-state index in [2.05, 4.69) is 21.3 Å². The number of aromatic nitrogens is 1. The number of likely N-dealkylation sites (tertiary alicyclic amines) is 1. The number of carbonyl (C=O) groups is 1. The lowest BCUT2D eigenvalue weighted by Crippen LogP contribution is -2.50. The summed E-state index contributed by atoms with van der Waals surface area (Å²) in [6, 6.07) is 11.2. The number of hydrogen-bond donors (Lipinski definition) is 2. The molecular formula is C31H33Cl2FN4O2. The van der Waals surface area contributed by atoms with Crippen LogP contribution in [0.2, 0.25) is 10.0 Å². The summed E-state index contributed by atoms with van der Waals surface area (Å²) >= 11 is 12.5. The minimum Gasteiger partial charge on any atom is -0.482 e. The molecule has 2 fully saturated rings. The summed E-state index contributed by atoms with van der Waals surface area (Å²) in [7, 11) is 0. The van der Waals surface area contributed by atoms with E-state index in [0.717, 1.165) is 48.3 Å². The van der Waals surface area contributed by atoms with Crippen molar-refractivity contribution in [3.05, 3.63) is 69.6 Å². The van der Waals surface area contributed by atoms with Crippen LogP contribution in [0.3, 0.4) is 0 Å². The quantitative estimate of drug-likeness (QED) is 0.304. The third-order valence-electron chi connectivity index (χ3n) is 8.97. The SMILES string of the molecule is C[C@@H](Oc1cc(-c2ccc3c(c2)NC(=O)C32CCN(C3CCCCC3)CC2)cnc1N)c1c(Cl)ccc(F)c1Cl. The van der Waals surface area contributed by atoms with Crippen LogP contribution in [0.5, 0.6) is 5.75 Å². The summed E-state index contributed by atoms with van der Waals surface area (Å²) in [5.74, 6) is 0.0453. The molecule has 1 spiro atoms. The molecule has 40 heavy (non-hydrogen) atoms. The van der Waals surface area contributed by atoms with Gasteiger partial charge in [0.25, 0.3) is 0 Å². The maximum atomic E-state index is 14.1. The largest absolute Gasteiger partial charge is 0.482 e. The number of halogens is 3. The molecule has 3 aromatic rings. The fraction of sp³-hybridized carbons (Fsp3) is 0.419. The Morgan fingerprint density at radius 2 is 1.85 bits per heavy atom. The van der Waals surface area contributed by atoms with E-state index in [4.69, 9.17) is 33.7 Å². The Kier molecular flexibility index (Phi) is 7.40. The number of nitrogen functional groups attached to an aromatic ring is 1. The van der Waals surface area contributed by atoms with Gasteiger partial charge in [-0.3, -0.25) is 4.79 Å². The maximum Gasteiger partial charge on any atom is 0.235 e. The number of fused-ring (bicyclic) bond motifs is 2. The van der Waals surface area contributed by atoms with E-state index < -0.39 is 17.3 Å². The molecule has 1 atom stereocenters. The van der Waals surface area contributed by atoms with Crippen LogP contribution in [0.25, 0.3) is 11.1 Å². The molecule has 0 unspecified atom stereocenters. The molecule has 210 valence electrons. The van der Waals surface area contributed by atoms with Gasteiger partial charge in [-0.2, -0.15) is 0 Å². The van der Waals surface area contributed by atoms with Crippen molar-refractivity contribution in [2.45, 2.75) is 69.4 Å². The van der Waals surface area contributed by atoms with E-state index in [0.29, 0.717) is 22.4 Å². The van der Waals surface area contributed by atoms with Crippen molar-refractivity contribution in [1.29, 1.82) is 0 Å². The predicted octanol–water partition coefficient (Wildman–Crippen LogP) is 7.54. The number of rotatable bonds is 5. The van der Waals surface area contributed by atoms with Crippen LogP contribution in [-0.4, -0.2) is 34.9 Å². The summed E-state index contributed by atoms with van der Waals surface area (Å²) in [6.45, 7) is 3.64. The zero-order valence-electron chi connectivity index (χ0n) is 22.5.